The first-order valence-electron chi connectivity index (χ1n) is 10.9. The average Bonchev–Trinajstić information content (AvgIpc) is 3.03. The molecule has 1 saturated heterocycles. The SMILES string of the molecule is Cc1cccn2c(=O)c(C=C3SC(=S)N(C4CCCCC4)C3=O)c(NCC(C)C)nc12. The number of hydrogen-bond donors (Lipinski definition) is 1. The van der Waals surface area contributed by atoms with Gasteiger partial charge in [0.25, 0.3) is 11.5 Å². The Hall–Kier alpha value is -2.19. The summed E-state index contributed by atoms with van der Waals surface area (Å²) in [6, 6.07) is 3.94. The normalized spacial score (nSPS) is 19.2. The number of thioether (sulfide) groups is 1. The quantitative estimate of drug-likeness (QED) is 0.524. The van der Waals surface area contributed by atoms with Crippen molar-refractivity contribution in [3.05, 3.63) is 44.7 Å². The van der Waals surface area contributed by atoms with Gasteiger partial charge >= 0.3 is 0 Å². The molecule has 0 spiro atoms. The smallest absolute Gasteiger partial charge is 0.267 e. The number of amides is 1. The Bertz CT molecular complexity index is 1120. The van der Waals surface area contributed by atoms with Crippen molar-refractivity contribution in [3.63, 3.8) is 0 Å². The van der Waals surface area contributed by atoms with Gasteiger partial charge in [-0.15, -0.1) is 0 Å². The van der Waals surface area contributed by atoms with E-state index in [4.69, 9.17) is 17.2 Å². The molecule has 6 nitrogen and oxygen atoms in total. The molecule has 3 heterocycles. The topological polar surface area (TPSA) is 66.7 Å². The fraction of sp³-hybridized carbons (Fsp3) is 0.478. The molecule has 31 heavy (non-hydrogen) atoms. The van der Waals surface area contributed by atoms with Gasteiger partial charge in [-0.3, -0.25) is 18.9 Å². The summed E-state index contributed by atoms with van der Waals surface area (Å²) in [6.07, 6.45) is 8.83. The molecule has 2 fully saturated rings. The molecule has 2 aliphatic rings. The molecular formula is C23H28N4O2S2. The Morgan fingerprint density at radius 2 is 2.03 bits per heavy atom. The number of aromatic nitrogens is 2. The number of rotatable bonds is 5. The van der Waals surface area contributed by atoms with Crippen molar-refractivity contribution in [2.45, 2.75) is 58.9 Å². The van der Waals surface area contributed by atoms with E-state index >= 15 is 0 Å². The van der Waals surface area contributed by atoms with Crippen LogP contribution in [0.2, 0.25) is 0 Å². The van der Waals surface area contributed by atoms with Crippen molar-refractivity contribution >= 4 is 51.7 Å². The second kappa shape index (κ2) is 9.12. The standard InChI is InChI=1S/C23H28N4O2S2/c1-14(2)13-24-19-17(21(28)26-11-7-8-15(3)20(26)25-19)12-18-22(29)27(23(30)31-18)16-9-5-4-6-10-16/h7-8,11-12,14,16,24H,4-6,9-10,13H2,1-3H3. The van der Waals surface area contributed by atoms with E-state index in [-0.39, 0.29) is 17.5 Å². The van der Waals surface area contributed by atoms with Crippen molar-refractivity contribution in [1.29, 1.82) is 0 Å². The lowest BCUT2D eigenvalue weighted by molar-refractivity contribution is -0.124. The maximum atomic E-state index is 13.4. The van der Waals surface area contributed by atoms with Crippen molar-refractivity contribution in [2.75, 3.05) is 11.9 Å². The molecule has 164 valence electrons. The van der Waals surface area contributed by atoms with Gasteiger partial charge in [-0.05, 0) is 43.4 Å². The van der Waals surface area contributed by atoms with Crippen LogP contribution in [-0.4, -0.2) is 37.1 Å². The van der Waals surface area contributed by atoms with Crippen molar-refractivity contribution < 1.29 is 4.79 Å². The number of pyridine rings is 1. The molecule has 4 rings (SSSR count). The number of thiocarbonyl (C=S) groups is 1. The summed E-state index contributed by atoms with van der Waals surface area (Å²) in [4.78, 5) is 33.6. The van der Waals surface area contributed by atoms with Gasteiger partial charge in [-0.25, -0.2) is 4.98 Å². The number of anilines is 1. The van der Waals surface area contributed by atoms with Gasteiger partial charge in [0.15, 0.2) is 0 Å². The fourth-order valence-electron chi connectivity index (χ4n) is 4.14. The van der Waals surface area contributed by atoms with Gasteiger partial charge in [0, 0.05) is 18.8 Å². The summed E-state index contributed by atoms with van der Waals surface area (Å²) in [7, 11) is 0. The van der Waals surface area contributed by atoms with Crippen molar-refractivity contribution in [1.82, 2.24) is 14.3 Å². The van der Waals surface area contributed by atoms with Crippen LogP contribution in [0.25, 0.3) is 11.7 Å². The molecule has 1 amide bonds. The molecule has 1 N–H and O–H groups in total. The molecule has 1 aliphatic carbocycles. The molecule has 2 aromatic heterocycles. The van der Waals surface area contributed by atoms with Crippen LogP contribution in [0.5, 0.6) is 0 Å². The highest BCUT2D eigenvalue weighted by molar-refractivity contribution is 8.26. The summed E-state index contributed by atoms with van der Waals surface area (Å²) in [5.74, 6) is 0.802. The van der Waals surface area contributed by atoms with Crippen molar-refractivity contribution in [2.24, 2.45) is 5.92 Å². The molecule has 2 aromatic rings. The van der Waals surface area contributed by atoms with Gasteiger partial charge in [-0.1, -0.05) is 63.2 Å². The van der Waals surface area contributed by atoms with Crippen molar-refractivity contribution in [3.8, 4) is 0 Å². The summed E-state index contributed by atoms with van der Waals surface area (Å²) < 4.78 is 2.13. The molecule has 0 aromatic carbocycles. The van der Waals surface area contributed by atoms with E-state index in [0.29, 0.717) is 38.7 Å². The first-order chi connectivity index (χ1) is 14.9. The first-order valence-corrected chi connectivity index (χ1v) is 12.1. The van der Waals surface area contributed by atoms with E-state index in [0.717, 1.165) is 31.2 Å². The number of fused-ring (bicyclic) bond motifs is 1. The van der Waals surface area contributed by atoms with Crippen LogP contribution in [0, 0.1) is 12.8 Å². The van der Waals surface area contributed by atoms with Crippen LogP contribution in [0.15, 0.2) is 28.0 Å². The molecule has 0 bridgehead atoms. The van der Waals surface area contributed by atoms with E-state index in [2.05, 4.69) is 19.2 Å². The van der Waals surface area contributed by atoms with Gasteiger partial charge in [0.1, 0.15) is 15.8 Å². The lowest BCUT2D eigenvalue weighted by Crippen LogP contribution is -2.39. The van der Waals surface area contributed by atoms with Crippen LogP contribution in [0.1, 0.15) is 57.1 Å². The maximum Gasteiger partial charge on any atom is 0.267 e. The van der Waals surface area contributed by atoms with E-state index < -0.39 is 0 Å². The number of nitrogens with one attached hydrogen (secondary N) is 1. The minimum absolute atomic E-state index is 0.0922. The van der Waals surface area contributed by atoms with Gasteiger partial charge < -0.3 is 5.32 Å². The lowest BCUT2D eigenvalue weighted by atomic mass is 9.94. The summed E-state index contributed by atoms with van der Waals surface area (Å²) in [5.41, 5.74) is 1.74. The molecule has 1 saturated carbocycles. The number of carbonyl (C=O) groups excluding carboxylic acids is 1. The van der Waals surface area contributed by atoms with Gasteiger partial charge in [0.2, 0.25) is 0 Å². The number of aryl methyl sites for hydroxylation is 1. The van der Waals surface area contributed by atoms with Crippen LogP contribution in [0.4, 0.5) is 5.82 Å². The first kappa shape index (κ1) is 22.0. The molecular weight excluding hydrogens is 428 g/mol. The lowest BCUT2D eigenvalue weighted by Gasteiger charge is -2.29. The Kier molecular flexibility index (Phi) is 6.48. The molecule has 1 aliphatic heterocycles. The number of carbonyl (C=O) groups is 1. The Morgan fingerprint density at radius 1 is 1.29 bits per heavy atom. The Morgan fingerprint density at radius 3 is 2.74 bits per heavy atom. The zero-order chi connectivity index (χ0) is 22.1. The van der Waals surface area contributed by atoms with E-state index in [9.17, 15) is 9.59 Å². The third-order valence-electron chi connectivity index (χ3n) is 5.80. The highest BCUT2D eigenvalue weighted by atomic mass is 32.2. The minimum Gasteiger partial charge on any atom is -0.369 e. The van der Waals surface area contributed by atoms with E-state index in [1.54, 1.807) is 21.6 Å². The van der Waals surface area contributed by atoms with Gasteiger partial charge in [-0.2, -0.15) is 0 Å². The minimum atomic E-state index is -0.192. The highest BCUT2D eigenvalue weighted by Gasteiger charge is 2.37. The largest absolute Gasteiger partial charge is 0.369 e. The van der Waals surface area contributed by atoms with Crippen LogP contribution in [-0.2, 0) is 4.79 Å². The van der Waals surface area contributed by atoms with E-state index in [1.165, 1.54) is 18.2 Å². The molecule has 0 unspecified atom stereocenters. The maximum absolute atomic E-state index is 13.4. The molecule has 0 atom stereocenters. The summed E-state index contributed by atoms with van der Waals surface area (Å²) in [5, 5.41) is 3.31. The predicted molar refractivity (Wildman–Crippen MR) is 131 cm³/mol. The molecule has 8 heteroatoms. The average molecular weight is 457 g/mol. The Balaban J connectivity index is 1.77. The van der Waals surface area contributed by atoms with Crippen LogP contribution >= 0.6 is 24.0 Å². The number of nitrogens with zero attached hydrogens (tertiary/aromatic N) is 3. The highest BCUT2D eigenvalue weighted by Crippen LogP contribution is 2.37. The fourth-order valence-corrected chi connectivity index (χ4v) is 5.52. The zero-order valence-electron chi connectivity index (χ0n) is 18.2. The second-order valence-electron chi connectivity index (χ2n) is 8.68. The summed E-state index contributed by atoms with van der Waals surface area (Å²) in [6.45, 7) is 6.81. The predicted octanol–water partition coefficient (Wildman–Crippen LogP) is 4.60. The number of hydrogen-bond acceptors (Lipinski definition) is 6. The zero-order valence-corrected chi connectivity index (χ0v) is 19.8. The Labute approximate surface area is 192 Å². The second-order valence-corrected chi connectivity index (χ2v) is 10.4. The van der Waals surface area contributed by atoms with Crippen LogP contribution < -0.4 is 10.9 Å². The monoisotopic (exact) mass is 456 g/mol. The summed E-state index contributed by atoms with van der Waals surface area (Å²) >= 11 is 6.84. The van der Waals surface area contributed by atoms with Gasteiger partial charge in [0.05, 0.1) is 10.5 Å². The molecule has 0 radical (unpaired) electrons. The van der Waals surface area contributed by atoms with E-state index in [1.807, 2.05) is 19.1 Å². The third kappa shape index (κ3) is 4.41. The van der Waals surface area contributed by atoms with Crippen LogP contribution in [0.3, 0.4) is 0 Å². The third-order valence-corrected chi connectivity index (χ3v) is 7.13.